The van der Waals surface area contributed by atoms with Crippen LogP contribution in [0.25, 0.3) is 60.9 Å². The smallest absolute Gasteiger partial charge is 0.399 e. The Labute approximate surface area is 271 Å². The van der Waals surface area contributed by atoms with Gasteiger partial charge in [-0.25, -0.2) is 0 Å². The topological polar surface area (TPSA) is 23.4 Å². The van der Waals surface area contributed by atoms with Gasteiger partial charge in [0.1, 0.15) is 0 Å². The number of hydrogen-bond acceptors (Lipinski definition) is 2. The van der Waals surface area contributed by atoms with Crippen molar-refractivity contribution in [2.75, 3.05) is 0 Å². The number of fused-ring (bicyclic) bond motifs is 3. The second kappa shape index (κ2) is 10.8. The molecule has 46 heavy (non-hydrogen) atoms. The molecule has 0 saturated carbocycles. The molecule has 0 radical (unpaired) electrons. The van der Waals surface area contributed by atoms with Crippen molar-refractivity contribution in [3.8, 4) is 39.1 Å². The highest BCUT2D eigenvalue weighted by Crippen LogP contribution is 2.38. The molecule has 0 atom stereocenters. The number of aromatic nitrogens is 1. The Morgan fingerprint density at radius 2 is 1.17 bits per heavy atom. The predicted octanol–water partition coefficient (Wildman–Crippen LogP) is 9.68. The molecule has 4 heteroatoms. The second-order valence-corrected chi connectivity index (χ2v) is 13.2. The molecule has 1 fully saturated rings. The van der Waals surface area contributed by atoms with Gasteiger partial charge in [0.05, 0.1) is 22.2 Å². The zero-order valence-electron chi connectivity index (χ0n) is 26.5. The Balaban J connectivity index is 1.26. The fraction of sp³-hybridized carbons (Fsp3) is 0.143. The number of nitrogens with zero attached hydrogens (tertiary/aromatic N) is 1. The summed E-state index contributed by atoms with van der Waals surface area (Å²) in [7, 11) is -0.411. The van der Waals surface area contributed by atoms with Crippen molar-refractivity contribution in [2.24, 2.45) is 0 Å². The highest BCUT2D eigenvalue weighted by atomic mass is 16.7. The molecular formula is C42H34BNO2. The summed E-state index contributed by atoms with van der Waals surface area (Å²) in [5.41, 5.74) is 10.6. The Morgan fingerprint density at radius 1 is 0.522 bits per heavy atom. The van der Waals surface area contributed by atoms with Gasteiger partial charge < -0.3 is 13.9 Å². The lowest BCUT2D eigenvalue weighted by Crippen LogP contribution is -2.41. The van der Waals surface area contributed by atoms with Gasteiger partial charge in [0.25, 0.3) is 0 Å². The monoisotopic (exact) mass is 595 g/mol. The zero-order chi connectivity index (χ0) is 31.5. The van der Waals surface area contributed by atoms with E-state index in [1.807, 2.05) is 12.1 Å². The van der Waals surface area contributed by atoms with E-state index in [-0.39, 0.29) is 0 Å². The van der Waals surface area contributed by atoms with Gasteiger partial charge in [-0.15, -0.1) is 0 Å². The molecule has 2 heterocycles. The van der Waals surface area contributed by atoms with Gasteiger partial charge in [-0.1, -0.05) is 84.9 Å². The van der Waals surface area contributed by atoms with Crippen molar-refractivity contribution in [1.82, 2.24) is 4.57 Å². The quantitative estimate of drug-likeness (QED) is 0.185. The lowest BCUT2D eigenvalue weighted by atomic mass is 9.78. The summed E-state index contributed by atoms with van der Waals surface area (Å²) in [5.74, 6) is 0. The first-order chi connectivity index (χ1) is 22.3. The van der Waals surface area contributed by atoms with Gasteiger partial charge in [0, 0.05) is 16.5 Å². The Hall–Kier alpha value is -5.08. The van der Waals surface area contributed by atoms with Gasteiger partial charge in [-0.2, -0.15) is 0 Å². The van der Waals surface area contributed by atoms with E-state index in [9.17, 15) is 0 Å². The Kier molecular flexibility index (Phi) is 6.65. The van der Waals surface area contributed by atoms with Crippen LogP contribution in [-0.4, -0.2) is 22.9 Å². The summed E-state index contributed by atoms with van der Waals surface area (Å²) in [4.78, 5) is 0. The summed E-state index contributed by atoms with van der Waals surface area (Å²) in [6.07, 6.45) is 0. The van der Waals surface area contributed by atoms with Crippen molar-refractivity contribution in [3.63, 3.8) is 0 Å². The number of hydrogen-bond donors (Lipinski definition) is 0. The maximum atomic E-state index is 6.42. The third-order valence-corrected chi connectivity index (χ3v) is 9.69. The summed E-state index contributed by atoms with van der Waals surface area (Å²) < 4.78 is 15.2. The van der Waals surface area contributed by atoms with Gasteiger partial charge in [0.15, 0.2) is 0 Å². The molecule has 1 saturated heterocycles. The number of rotatable bonds is 5. The van der Waals surface area contributed by atoms with Crippen LogP contribution in [0.1, 0.15) is 27.7 Å². The van der Waals surface area contributed by atoms with E-state index < -0.39 is 18.3 Å². The number of para-hydroxylation sites is 1. The van der Waals surface area contributed by atoms with Crippen molar-refractivity contribution in [1.29, 1.82) is 0 Å². The molecule has 6 aromatic carbocycles. The van der Waals surface area contributed by atoms with Crippen LogP contribution in [0.3, 0.4) is 0 Å². The van der Waals surface area contributed by atoms with Crippen molar-refractivity contribution in [3.05, 3.63) is 146 Å². The molecule has 7 aromatic rings. The average Bonchev–Trinajstić information content (AvgIpc) is 3.53. The van der Waals surface area contributed by atoms with Crippen molar-refractivity contribution < 1.29 is 9.31 Å². The minimum Gasteiger partial charge on any atom is -0.399 e. The van der Waals surface area contributed by atoms with Crippen LogP contribution in [0.2, 0.25) is 0 Å². The van der Waals surface area contributed by atoms with Gasteiger partial charge in [0.2, 0.25) is 0 Å². The average molecular weight is 596 g/mol. The van der Waals surface area contributed by atoms with Crippen LogP contribution in [0.4, 0.5) is 0 Å². The molecule has 8 rings (SSSR count). The van der Waals surface area contributed by atoms with E-state index in [1.165, 1.54) is 21.9 Å². The van der Waals surface area contributed by atoms with E-state index in [1.54, 1.807) is 0 Å². The normalized spacial score (nSPS) is 15.3. The first-order valence-electron chi connectivity index (χ1n) is 15.9. The highest BCUT2D eigenvalue weighted by molar-refractivity contribution is 6.62. The minimum atomic E-state index is -0.411. The Morgan fingerprint density at radius 3 is 1.91 bits per heavy atom. The van der Waals surface area contributed by atoms with Crippen LogP contribution in [0, 0.1) is 12.1 Å². The molecule has 1 aromatic heterocycles. The summed E-state index contributed by atoms with van der Waals surface area (Å²) in [6.45, 7) is 8.39. The molecule has 0 aliphatic carbocycles. The standard InChI is InChI=1S/C42H34BNO2/c1-41(2)42(3,4)46-43(45-41)35-22-23-40-38(28-35)37-20-11-12-21-39(37)44(40)36-19-13-18-31(27-36)34-25-32(29-14-7-5-8-15-29)24-33(26-34)30-16-9-6-10-17-30/h5,7-9,11-28H,1-4H3. The van der Waals surface area contributed by atoms with Crippen LogP contribution in [0.15, 0.2) is 133 Å². The molecule has 0 bridgehead atoms. The molecule has 0 spiro atoms. The van der Waals surface area contributed by atoms with Gasteiger partial charge >= 0.3 is 7.12 Å². The SMILES string of the molecule is CC1(C)OB(c2ccc3c(c2)c2ccccc2n3-c2cccc(-c3cc(-c4cc#ccc4)cc(-c4ccccc4)c3)c2)OC1(C)C. The predicted molar refractivity (Wildman–Crippen MR) is 190 cm³/mol. The molecule has 1 aliphatic heterocycles. The van der Waals surface area contributed by atoms with Crippen LogP contribution in [0.5, 0.6) is 0 Å². The van der Waals surface area contributed by atoms with Crippen LogP contribution >= 0.6 is 0 Å². The maximum Gasteiger partial charge on any atom is 0.494 e. The fourth-order valence-electron chi connectivity index (χ4n) is 6.50. The van der Waals surface area contributed by atoms with E-state index >= 15 is 0 Å². The third kappa shape index (κ3) is 4.81. The molecule has 0 N–H and O–H groups in total. The lowest BCUT2D eigenvalue weighted by molar-refractivity contribution is 0.00578. The van der Waals surface area contributed by atoms with E-state index in [0.29, 0.717) is 0 Å². The molecular weight excluding hydrogens is 561 g/mol. The van der Waals surface area contributed by atoms with E-state index in [0.717, 1.165) is 44.4 Å². The van der Waals surface area contributed by atoms with E-state index in [4.69, 9.17) is 9.31 Å². The first kappa shape index (κ1) is 28.4. The first-order valence-corrected chi connectivity index (χ1v) is 15.9. The molecule has 3 nitrogen and oxygen atoms in total. The molecule has 222 valence electrons. The van der Waals surface area contributed by atoms with Crippen molar-refractivity contribution in [2.45, 2.75) is 38.9 Å². The third-order valence-electron chi connectivity index (χ3n) is 9.69. The zero-order valence-corrected chi connectivity index (χ0v) is 26.5. The highest BCUT2D eigenvalue weighted by Gasteiger charge is 2.51. The Bertz CT molecular complexity index is 2140. The molecule has 0 unspecified atom stereocenters. The van der Waals surface area contributed by atoms with Crippen molar-refractivity contribution >= 4 is 34.4 Å². The van der Waals surface area contributed by atoms with Gasteiger partial charge in [-0.05, 0) is 127 Å². The summed E-state index contributed by atoms with van der Waals surface area (Å²) in [6, 6.07) is 53.7. The maximum absolute atomic E-state index is 6.42. The summed E-state index contributed by atoms with van der Waals surface area (Å²) in [5, 5.41) is 2.38. The minimum absolute atomic E-state index is 0.393. The summed E-state index contributed by atoms with van der Waals surface area (Å²) >= 11 is 0. The van der Waals surface area contributed by atoms with E-state index in [2.05, 4.69) is 166 Å². The van der Waals surface area contributed by atoms with Gasteiger partial charge in [-0.3, -0.25) is 0 Å². The van der Waals surface area contributed by atoms with Crippen LogP contribution in [-0.2, 0) is 9.31 Å². The number of benzene rings is 5. The molecule has 1 aliphatic rings. The van der Waals surface area contributed by atoms with Crippen LogP contribution < -0.4 is 5.46 Å². The largest absolute Gasteiger partial charge is 0.494 e. The lowest BCUT2D eigenvalue weighted by Gasteiger charge is -2.32. The fourth-order valence-corrected chi connectivity index (χ4v) is 6.50. The molecule has 0 amide bonds. The second-order valence-electron chi connectivity index (χ2n) is 13.2.